The number of nitrogens with one attached hydrogen (secondary N) is 1. The van der Waals surface area contributed by atoms with Gasteiger partial charge in [0.2, 0.25) is 0 Å². The molecule has 0 unspecified atom stereocenters. The van der Waals surface area contributed by atoms with Crippen LogP contribution in [0.5, 0.6) is 0 Å². The molecule has 0 atom stereocenters. The van der Waals surface area contributed by atoms with Crippen molar-refractivity contribution in [2.24, 2.45) is 0 Å². The van der Waals surface area contributed by atoms with E-state index < -0.39 is 16.6 Å². The Morgan fingerprint density at radius 3 is 2.46 bits per heavy atom. The van der Waals surface area contributed by atoms with Crippen LogP contribution in [0.2, 0.25) is 5.02 Å². The number of nitrogens with zero attached hydrogens (tertiary/aromatic N) is 2. The van der Waals surface area contributed by atoms with Gasteiger partial charge in [0.25, 0.3) is 5.69 Å². The van der Waals surface area contributed by atoms with E-state index in [0.29, 0.717) is 11.3 Å². The van der Waals surface area contributed by atoms with E-state index in [0.717, 1.165) is 31.0 Å². The fourth-order valence-electron chi connectivity index (χ4n) is 2.91. The van der Waals surface area contributed by atoms with Crippen LogP contribution < -0.4 is 5.32 Å². The van der Waals surface area contributed by atoms with E-state index in [4.69, 9.17) is 16.7 Å². The molecule has 1 fully saturated rings. The summed E-state index contributed by atoms with van der Waals surface area (Å²) in [6.45, 7) is 0. The van der Waals surface area contributed by atoms with E-state index in [1.165, 1.54) is 6.07 Å². The van der Waals surface area contributed by atoms with Crippen molar-refractivity contribution in [1.82, 2.24) is 10.3 Å². The molecule has 8 heteroatoms. The molecule has 24 heavy (non-hydrogen) atoms. The van der Waals surface area contributed by atoms with Crippen molar-refractivity contribution in [2.75, 3.05) is 0 Å². The summed E-state index contributed by atoms with van der Waals surface area (Å²) >= 11 is 6.09. The first-order valence-corrected chi connectivity index (χ1v) is 7.71. The van der Waals surface area contributed by atoms with Gasteiger partial charge in [-0.3, -0.25) is 10.1 Å². The number of hydrogen-bond donors (Lipinski definition) is 2. The highest BCUT2D eigenvalue weighted by atomic mass is 35.5. The van der Waals surface area contributed by atoms with Crippen LogP contribution in [0.15, 0.2) is 36.5 Å². The maximum absolute atomic E-state index is 11.0. The summed E-state index contributed by atoms with van der Waals surface area (Å²) in [5.74, 6) is 0. The number of amides is 1. The summed E-state index contributed by atoms with van der Waals surface area (Å²) in [6.07, 6.45) is 2.61. The molecule has 1 amide bonds. The third-order valence-corrected chi connectivity index (χ3v) is 4.59. The zero-order valence-electron chi connectivity index (χ0n) is 12.5. The number of nitro groups is 1. The molecular formula is C16H14ClN3O4. The van der Waals surface area contributed by atoms with E-state index in [1.807, 2.05) is 12.1 Å². The fourth-order valence-corrected chi connectivity index (χ4v) is 3.18. The normalized spacial score (nSPS) is 15.4. The molecule has 1 aromatic heterocycles. The number of rotatable bonds is 4. The molecular weight excluding hydrogens is 334 g/mol. The van der Waals surface area contributed by atoms with Gasteiger partial charge in [-0.1, -0.05) is 35.9 Å². The van der Waals surface area contributed by atoms with Crippen LogP contribution in [0.25, 0.3) is 11.3 Å². The summed E-state index contributed by atoms with van der Waals surface area (Å²) < 4.78 is 0. The van der Waals surface area contributed by atoms with Crippen molar-refractivity contribution in [1.29, 1.82) is 0 Å². The summed E-state index contributed by atoms with van der Waals surface area (Å²) in [5.41, 5.74) is 1.35. The van der Waals surface area contributed by atoms with Crippen molar-refractivity contribution in [3.05, 3.63) is 57.2 Å². The van der Waals surface area contributed by atoms with E-state index >= 15 is 0 Å². The van der Waals surface area contributed by atoms with Crippen molar-refractivity contribution < 1.29 is 14.8 Å². The lowest BCUT2D eigenvalue weighted by Crippen LogP contribution is -2.50. The lowest BCUT2D eigenvalue weighted by Gasteiger charge is -2.42. The van der Waals surface area contributed by atoms with Gasteiger partial charge in [0.1, 0.15) is 6.20 Å². The molecule has 1 aromatic carbocycles. The minimum absolute atomic E-state index is 0.167. The van der Waals surface area contributed by atoms with Crippen molar-refractivity contribution in [2.45, 2.75) is 24.8 Å². The minimum Gasteiger partial charge on any atom is -0.465 e. The largest absolute Gasteiger partial charge is 0.465 e. The average Bonchev–Trinajstić information content (AvgIpc) is 2.51. The lowest BCUT2D eigenvalue weighted by atomic mass is 9.72. The number of carboxylic acid groups (broad SMARTS) is 1. The summed E-state index contributed by atoms with van der Waals surface area (Å²) in [5, 5.41) is 22.6. The topological polar surface area (TPSA) is 105 Å². The molecule has 3 rings (SSSR count). The smallest absolute Gasteiger partial charge is 0.405 e. The maximum Gasteiger partial charge on any atom is 0.405 e. The number of halogens is 1. The molecule has 1 saturated carbocycles. The zero-order valence-corrected chi connectivity index (χ0v) is 13.3. The number of carbonyl (C=O) groups is 1. The van der Waals surface area contributed by atoms with Gasteiger partial charge in [0.05, 0.1) is 21.2 Å². The average molecular weight is 348 g/mol. The molecule has 0 spiro atoms. The van der Waals surface area contributed by atoms with Crippen LogP contribution in [0.4, 0.5) is 10.5 Å². The molecule has 7 nitrogen and oxygen atoms in total. The molecule has 0 radical (unpaired) electrons. The fraction of sp³-hybridized carbons (Fsp3) is 0.250. The highest BCUT2D eigenvalue weighted by Crippen LogP contribution is 2.42. The Labute approximate surface area is 142 Å². The number of pyridine rings is 1. The Balaban J connectivity index is 1.90. The van der Waals surface area contributed by atoms with Crippen LogP contribution in [0.3, 0.4) is 0 Å². The van der Waals surface area contributed by atoms with Crippen LogP contribution in [0, 0.1) is 10.1 Å². The Morgan fingerprint density at radius 2 is 2.00 bits per heavy atom. The van der Waals surface area contributed by atoms with Gasteiger partial charge in [-0.15, -0.1) is 0 Å². The zero-order chi connectivity index (χ0) is 17.3. The summed E-state index contributed by atoms with van der Waals surface area (Å²) in [6, 6.07) is 8.52. The van der Waals surface area contributed by atoms with Gasteiger partial charge in [0, 0.05) is 11.6 Å². The molecule has 1 heterocycles. The Morgan fingerprint density at radius 1 is 1.33 bits per heavy atom. The van der Waals surface area contributed by atoms with Gasteiger partial charge in [0.15, 0.2) is 0 Å². The molecule has 1 aliphatic rings. The van der Waals surface area contributed by atoms with Crippen molar-refractivity contribution in [3.63, 3.8) is 0 Å². The van der Waals surface area contributed by atoms with Crippen LogP contribution in [-0.2, 0) is 5.54 Å². The van der Waals surface area contributed by atoms with E-state index in [-0.39, 0.29) is 10.7 Å². The predicted octanol–water partition coefficient (Wildman–Crippen LogP) is 3.96. The molecule has 124 valence electrons. The summed E-state index contributed by atoms with van der Waals surface area (Å²) in [4.78, 5) is 25.3. The van der Waals surface area contributed by atoms with Crippen molar-refractivity contribution in [3.8, 4) is 11.3 Å². The molecule has 2 N–H and O–H groups in total. The third kappa shape index (κ3) is 2.90. The first-order valence-electron chi connectivity index (χ1n) is 7.33. The molecule has 0 aliphatic heterocycles. The van der Waals surface area contributed by atoms with E-state index in [1.54, 1.807) is 12.1 Å². The van der Waals surface area contributed by atoms with Gasteiger partial charge < -0.3 is 10.4 Å². The lowest BCUT2D eigenvalue weighted by molar-refractivity contribution is -0.385. The van der Waals surface area contributed by atoms with Crippen LogP contribution in [0.1, 0.15) is 24.8 Å². The summed E-state index contributed by atoms with van der Waals surface area (Å²) in [7, 11) is 0. The second-order valence-electron chi connectivity index (χ2n) is 5.72. The van der Waals surface area contributed by atoms with Crippen LogP contribution >= 0.6 is 11.6 Å². The standard InChI is InChI=1S/C16H14ClN3O4/c17-13-8-12(20(23)24)9-18-14(13)10-2-4-11(5-3-10)16(6-1-7-16)19-15(21)22/h2-5,8-9,19H,1,6-7H2,(H,21,22). The van der Waals surface area contributed by atoms with Gasteiger partial charge in [-0.2, -0.15) is 0 Å². The first-order chi connectivity index (χ1) is 11.4. The highest BCUT2D eigenvalue weighted by Gasteiger charge is 2.40. The van der Waals surface area contributed by atoms with Gasteiger partial charge >= 0.3 is 6.09 Å². The van der Waals surface area contributed by atoms with E-state index in [2.05, 4.69) is 10.3 Å². The van der Waals surface area contributed by atoms with Gasteiger partial charge in [-0.05, 0) is 24.8 Å². The van der Waals surface area contributed by atoms with E-state index in [9.17, 15) is 14.9 Å². The Bertz CT molecular complexity index is 803. The SMILES string of the molecule is O=C(O)NC1(c2ccc(-c3ncc([N+](=O)[O-])cc3Cl)cc2)CCC1. The third-order valence-electron chi connectivity index (χ3n) is 4.30. The molecule has 1 aliphatic carbocycles. The number of hydrogen-bond acceptors (Lipinski definition) is 4. The number of benzene rings is 1. The maximum atomic E-state index is 11.0. The monoisotopic (exact) mass is 347 g/mol. The van der Waals surface area contributed by atoms with Gasteiger partial charge in [-0.25, -0.2) is 9.78 Å². The minimum atomic E-state index is -1.04. The predicted molar refractivity (Wildman–Crippen MR) is 88.0 cm³/mol. The second kappa shape index (κ2) is 6.09. The van der Waals surface area contributed by atoms with Crippen LogP contribution in [-0.4, -0.2) is 21.1 Å². The Kier molecular flexibility index (Phi) is 4.11. The second-order valence-corrected chi connectivity index (χ2v) is 6.13. The number of aromatic nitrogens is 1. The Hall–Kier alpha value is -2.67. The molecule has 2 aromatic rings. The molecule has 0 bridgehead atoms. The highest BCUT2D eigenvalue weighted by molar-refractivity contribution is 6.33. The quantitative estimate of drug-likeness (QED) is 0.643. The first kappa shape index (κ1) is 16.2. The van der Waals surface area contributed by atoms with Crippen molar-refractivity contribution >= 4 is 23.4 Å². The molecule has 0 saturated heterocycles.